The zero-order chi connectivity index (χ0) is 20.6. The van der Waals surface area contributed by atoms with E-state index in [1.165, 1.54) is 12.3 Å². The van der Waals surface area contributed by atoms with Crippen LogP contribution in [0, 0.1) is 0 Å². The SMILES string of the molecule is CCC(C)NC(=O)c1cc(C(=O)Nc2ccc(Oc3ccccc3)cc2)ccn1. The Balaban J connectivity index is 1.64. The number of carbonyl (C=O) groups excluding carboxylic acids is 2. The number of ether oxygens (including phenoxy) is 1. The number of nitrogens with zero attached hydrogens (tertiary/aromatic N) is 1. The molecule has 0 aliphatic heterocycles. The lowest BCUT2D eigenvalue weighted by Gasteiger charge is -2.11. The van der Waals surface area contributed by atoms with Crippen LogP contribution < -0.4 is 15.4 Å². The van der Waals surface area contributed by atoms with Crippen molar-refractivity contribution in [1.29, 1.82) is 0 Å². The summed E-state index contributed by atoms with van der Waals surface area (Å²) in [6.45, 7) is 3.90. The number of hydrogen-bond donors (Lipinski definition) is 2. The van der Waals surface area contributed by atoms with Crippen LogP contribution in [0.25, 0.3) is 0 Å². The zero-order valence-corrected chi connectivity index (χ0v) is 16.4. The molecule has 148 valence electrons. The molecule has 0 aliphatic carbocycles. The second-order valence-electron chi connectivity index (χ2n) is 6.61. The molecule has 6 heteroatoms. The van der Waals surface area contributed by atoms with Crippen LogP contribution in [0.5, 0.6) is 11.5 Å². The molecule has 2 amide bonds. The van der Waals surface area contributed by atoms with Gasteiger partial charge in [-0.15, -0.1) is 0 Å². The van der Waals surface area contributed by atoms with Gasteiger partial charge in [0.25, 0.3) is 11.8 Å². The number of para-hydroxylation sites is 1. The average molecular weight is 389 g/mol. The third-order valence-corrected chi connectivity index (χ3v) is 4.34. The van der Waals surface area contributed by atoms with E-state index in [1.807, 2.05) is 44.2 Å². The first-order chi connectivity index (χ1) is 14.0. The maximum absolute atomic E-state index is 12.5. The third-order valence-electron chi connectivity index (χ3n) is 4.34. The summed E-state index contributed by atoms with van der Waals surface area (Å²) in [5, 5.41) is 5.65. The number of nitrogens with one attached hydrogen (secondary N) is 2. The molecule has 3 aromatic rings. The Hall–Kier alpha value is -3.67. The Morgan fingerprint density at radius 3 is 2.34 bits per heavy atom. The van der Waals surface area contributed by atoms with Crippen molar-refractivity contribution >= 4 is 17.5 Å². The van der Waals surface area contributed by atoms with Gasteiger partial charge < -0.3 is 15.4 Å². The van der Waals surface area contributed by atoms with E-state index in [2.05, 4.69) is 15.6 Å². The fourth-order valence-corrected chi connectivity index (χ4v) is 2.53. The molecule has 0 saturated heterocycles. The van der Waals surface area contributed by atoms with Crippen molar-refractivity contribution in [2.24, 2.45) is 0 Å². The standard InChI is InChI=1S/C23H23N3O3/c1-3-16(2)25-23(28)21-15-17(13-14-24-21)22(27)26-18-9-11-20(12-10-18)29-19-7-5-4-6-8-19/h4-16H,3H2,1-2H3,(H,25,28)(H,26,27). The van der Waals surface area contributed by atoms with Crippen LogP contribution in [0.2, 0.25) is 0 Å². The number of carbonyl (C=O) groups is 2. The predicted octanol–water partition coefficient (Wildman–Crippen LogP) is 4.65. The molecule has 1 unspecified atom stereocenters. The molecular formula is C23H23N3O3. The highest BCUT2D eigenvalue weighted by Gasteiger charge is 2.13. The summed E-state index contributed by atoms with van der Waals surface area (Å²) >= 11 is 0. The predicted molar refractivity (Wildman–Crippen MR) is 112 cm³/mol. The molecule has 2 aromatic carbocycles. The molecule has 1 heterocycles. The molecule has 0 aliphatic rings. The molecule has 1 aromatic heterocycles. The van der Waals surface area contributed by atoms with Gasteiger partial charge in [-0.25, -0.2) is 0 Å². The van der Waals surface area contributed by atoms with Gasteiger partial charge in [-0.05, 0) is 61.9 Å². The Kier molecular flexibility index (Phi) is 6.58. The fourth-order valence-electron chi connectivity index (χ4n) is 2.53. The first kappa shape index (κ1) is 20.1. The van der Waals surface area contributed by atoms with Crippen molar-refractivity contribution in [3.63, 3.8) is 0 Å². The van der Waals surface area contributed by atoms with Crippen molar-refractivity contribution in [2.75, 3.05) is 5.32 Å². The van der Waals surface area contributed by atoms with E-state index >= 15 is 0 Å². The van der Waals surface area contributed by atoms with E-state index in [0.29, 0.717) is 17.0 Å². The maximum atomic E-state index is 12.5. The molecule has 6 nitrogen and oxygen atoms in total. The van der Waals surface area contributed by atoms with Gasteiger partial charge in [0.15, 0.2) is 0 Å². The minimum absolute atomic E-state index is 0.0402. The minimum Gasteiger partial charge on any atom is -0.457 e. The number of hydrogen-bond acceptors (Lipinski definition) is 4. The van der Waals surface area contributed by atoms with Gasteiger partial charge in [0.2, 0.25) is 0 Å². The summed E-state index contributed by atoms with van der Waals surface area (Å²) in [6.07, 6.45) is 2.27. The van der Waals surface area contributed by atoms with Gasteiger partial charge in [-0.1, -0.05) is 25.1 Å². The summed E-state index contributed by atoms with van der Waals surface area (Å²) in [7, 11) is 0. The van der Waals surface area contributed by atoms with E-state index in [0.717, 1.165) is 12.2 Å². The second kappa shape index (κ2) is 9.50. The van der Waals surface area contributed by atoms with Crippen LogP contribution in [-0.4, -0.2) is 22.8 Å². The van der Waals surface area contributed by atoms with Crippen molar-refractivity contribution < 1.29 is 14.3 Å². The van der Waals surface area contributed by atoms with Crippen LogP contribution in [0.15, 0.2) is 72.9 Å². The summed E-state index contributed by atoms with van der Waals surface area (Å²) in [6, 6.07) is 19.6. The van der Waals surface area contributed by atoms with Crippen LogP contribution in [0.3, 0.4) is 0 Å². The number of amides is 2. The maximum Gasteiger partial charge on any atom is 0.270 e. The van der Waals surface area contributed by atoms with E-state index in [1.54, 1.807) is 30.3 Å². The van der Waals surface area contributed by atoms with Crippen LogP contribution in [0.4, 0.5) is 5.69 Å². The van der Waals surface area contributed by atoms with Crippen LogP contribution in [0.1, 0.15) is 41.1 Å². The quantitative estimate of drug-likeness (QED) is 0.616. The number of pyridine rings is 1. The number of anilines is 1. The molecule has 3 rings (SSSR count). The Morgan fingerprint density at radius 2 is 1.66 bits per heavy atom. The minimum atomic E-state index is -0.318. The average Bonchev–Trinajstić information content (AvgIpc) is 2.75. The van der Waals surface area contributed by atoms with Crippen LogP contribution >= 0.6 is 0 Å². The van der Waals surface area contributed by atoms with Crippen molar-refractivity contribution in [1.82, 2.24) is 10.3 Å². The second-order valence-corrected chi connectivity index (χ2v) is 6.61. The van der Waals surface area contributed by atoms with Gasteiger partial charge in [0.1, 0.15) is 17.2 Å². The van der Waals surface area contributed by atoms with Gasteiger partial charge >= 0.3 is 0 Å². The monoisotopic (exact) mass is 389 g/mol. The number of rotatable bonds is 7. The fraction of sp³-hybridized carbons (Fsp3) is 0.174. The molecule has 1 atom stereocenters. The van der Waals surface area contributed by atoms with Gasteiger partial charge in [0.05, 0.1) is 0 Å². The zero-order valence-electron chi connectivity index (χ0n) is 16.4. The first-order valence-corrected chi connectivity index (χ1v) is 9.46. The third kappa shape index (κ3) is 5.65. The number of benzene rings is 2. The molecule has 0 fully saturated rings. The highest BCUT2D eigenvalue weighted by atomic mass is 16.5. The van der Waals surface area contributed by atoms with E-state index in [4.69, 9.17) is 4.74 Å². The molecule has 0 bridgehead atoms. The lowest BCUT2D eigenvalue weighted by atomic mass is 10.2. The Morgan fingerprint density at radius 1 is 0.966 bits per heavy atom. The largest absolute Gasteiger partial charge is 0.457 e. The van der Waals surface area contributed by atoms with Gasteiger partial charge in [-0.3, -0.25) is 14.6 Å². The molecular weight excluding hydrogens is 366 g/mol. The lowest BCUT2D eigenvalue weighted by molar-refractivity contribution is 0.0934. The molecule has 2 N–H and O–H groups in total. The summed E-state index contributed by atoms with van der Waals surface area (Å²) in [5.41, 5.74) is 1.20. The highest BCUT2D eigenvalue weighted by molar-refractivity contribution is 6.05. The number of aromatic nitrogens is 1. The van der Waals surface area contributed by atoms with Gasteiger partial charge in [0, 0.05) is 23.5 Å². The van der Waals surface area contributed by atoms with E-state index < -0.39 is 0 Å². The highest BCUT2D eigenvalue weighted by Crippen LogP contribution is 2.22. The van der Waals surface area contributed by atoms with Crippen molar-refractivity contribution in [3.05, 3.63) is 84.2 Å². The first-order valence-electron chi connectivity index (χ1n) is 9.46. The van der Waals surface area contributed by atoms with E-state index in [-0.39, 0.29) is 23.6 Å². The molecule has 29 heavy (non-hydrogen) atoms. The summed E-state index contributed by atoms with van der Waals surface area (Å²) in [4.78, 5) is 28.8. The van der Waals surface area contributed by atoms with Gasteiger partial charge in [-0.2, -0.15) is 0 Å². The summed E-state index contributed by atoms with van der Waals surface area (Å²) < 4.78 is 5.74. The van der Waals surface area contributed by atoms with Crippen molar-refractivity contribution in [3.8, 4) is 11.5 Å². The molecule has 0 saturated carbocycles. The smallest absolute Gasteiger partial charge is 0.270 e. The van der Waals surface area contributed by atoms with Crippen molar-refractivity contribution in [2.45, 2.75) is 26.3 Å². The topological polar surface area (TPSA) is 80.3 Å². The van der Waals surface area contributed by atoms with E-state index in [9.17, 15) is 9.59 Å². The Labute approximate surface area is 169 Å². The molecule has 0 radical (unpaired) electrons. The normalized spacial score (nSPS) is 11.4. The summed E-state index contributed by atoms with van der Waals surface area (Å²) in [5.74, 6) is 0.796. The van der Waals surface area contributed by atoms with Crippen LogP contribution in [-0.2, 0) is 0 Å². The Bertz CT molecular complexity index is 972. The molecule has 0 spiro atoms. The lowest BCUT2D eigenvalue weighted by Crippen LogP contribution is -2.32.